The molecule has 0 aliphatic carbocycles. The molecule has 1 aliphatic heterocycles. The van der Waals surface area contributed by atoms with E-state index in [-0.39, 0.29) is 10.9 Å². The lowest BCUT2D eigenvalue weighted by molar-refractivity contribution is 0.401. The number of hydrogen-bond donors (Lipinski definition) is 1. The lowest BCUT2D eigenvalue weighted by Gasteiger charge is -2.23. The van der Waals surface area contributed by atoms with E-state index >= 15 is 0 Å². The molecule has 0 aromatic carbocycles. The first-order valence-electron chi connectivity index (χ1n) is 5.92. The monoisotopic (exact) mass is 257 g/mol. The summed E-state index contributed by atoms with van der Waals surface area (Å²) in [6.45, 7) is 6.99. The van der Waals surface area contributed by atoms with Crippen molar-refractivity contribution in [2.75, 3.05) is 0 Å². The first-order chi connectivity index (χ1) is 7.80. The largest absolute Gasteiger partial charge is 0.330 e. The van der Waals surface area contributed by atoms with E-state index in [1.54, 1.807) is 0 Å². The van der Waals surface area contributed by atoms with Crippen molar-refractivity contribution in [2.45, 2.75) is 51.1 Å². The number of nitrogens with zero attached hydrogens (tertiary/aromatic N) is 2. The van der Waals surface area contributed by atoms with Crippen molar-refractivity contribution in [1.82, 2.24) is 9.55 Å². The molecule has 1 aromatic heterocycles. The average Bonchev–Trinajstić information content (AvgIpc) is 2.55. The Morgan fingerprint density at radius 3 is 2.65 bits per heavy atom. The van der Waals surface area contributed by atoms with Gasteiger partial charge in [-0.15, -0.1) is 0 Å². The molecule has 5 nitrogen and oxygen atoms in total. The van der Waals surface area contributed by atoms with E-state index in [2.05, 4.69) is 11.9 Å². The van der Waals surface area contributed by atoms with Gasteiger partial charge in [0.05, 0.1) is 5.69 Å². The number of rotatable bonds is 2. The van der Waals surface area contributed by atoms with Crippen LogP contribution in [0, 0.1) is 5.92 Å². The van der Waals surface area contributed by atoms with Crippen LogP contribution in [0.4, 0.5) is 0 Å². The van der Waals surface area contributed by atoms with Crippen molar-refractivity contribution >= 4 is 10.0 Å². The number of nitrogens with two attached hydrogens (primary N) is 1. The summed E-state index contributed by atoms with van der Waals surface area (Å²) in [5.74, 6) is 1.52. The quantitative estimate of drug-likeness (QED) is 0.865. The van der Waals surface area contributed by atoms with Crippen LogP contribution >= 0.6 is 0 Å². The van der Waals surface area contributed by atoms with Crippen molar-refractivity contribution in [1.29, 1.82) is 0 Å². The van der Waals surface area contributed by atoms with E-state index in [9.17, 15) is 8.42 Å². The van der Waals surface area contributed by atoms with Gasteiger partial charge in [0.25, 0.3) is 10.0 Å². The van der Waals surface area contributed by atoms with Gasteiger partial charge in [-0.25, -0.2) is 18.5 Å². The summed E-state index contributed by atoms with van der Waals surface area (Å²) < 4.78 is 25.1. The first-order valence-corrected chi connectivity index (χ1v) is 7.47. The maximum Gasteiger partial charge on any atom is 0.257 e. The second-order valence-corrected chi connectivity index (χ2v) is 6.65. The first kappa shape index (κ1) is 12.6. The number of hydrogen-bond acceptors (Lipinski definition) is 3. The van der Waals surface area contributed by atoms with E-state index in [4.69, 9.17) is 5.14 Å². The fourth-order valence-electron chi connectivity index (χ4n) is 2.38. The number of fused-ring (bicyclic) bond motifs is 1. The zero-order chi connectivity index (χ0) is 12.8. The second-order valence-electron chi connectivity index (χ2n) is 5.17. The maximum absolute atomic E-state index is 11.5. The molecule has 1 aliphatic rings. The van der Waals surface area contributed by atoms with Gasteiger partial charge in [0.15, 0.2) is 5.03 Å². The van der Waals surface area contributed by atoms with Gasteiger partial charge in [-0.05, 0) is 18.8 Å². The Kier molecular flexibility index (Phi) is 3.03. The average molecular weight is 257 g/mol. The molecule has 2 rings (SSSR count). The standard InChI is InChI=1S/C11H19N3O2S/c1-7(2)10-13-11(17(12,15)16)9-6-8(3)4-5-14(9)10/h7-8H,4-6H2,1-3H3,(H2,12,15,16). The van der Waals surface area contributed by atoms with Gasteiger partial charge < -0.3 is 4.57 Å². The van der Waals surface area contributed by atoms with Crippen molar-refractivity contribution in [2.24, 2.45) is 11.1 Å². The van der Waals surface area contributed by atoms with E-state index in [1.165, 1.54) is 0 Å². The summed E-state index contributed by atoms with van der Waals surface area (Å²) in [5, 5.41) is 5.31. The highest BCUT2D eigenvalue weighted by Crippen LogP contribution is 2.29. The summed E-state index contributed by atoms with van der Waals surface area (Å²) in [6, 6.07) is 0. The molecule has 1 unspecified atom stereocenters. The number of primary sulfonamides is 1. The van der Waals surface area contributed by atoms with Crippen molar-refractivity contribution in [3.63, 3.8) is 0 Å². The van der Waals surface area contributed by atoms with Gasteiger partial charge in [-0.2, -0.15) is 0 Å². The zero-order valence-electron chi connectivity index (χ0n) is 10.5. The fourth-order valence-corrected chi connectivity index (χ4v) is 3.12. The Bertz CT molecular complexity index is 531. The van der Waals surface area contributed by atoms with Crippen LogP contribution in [-0.4, -0.2) is 18.0 Å². The summed E-state index contributed by atoms with van der Waals surface area (Å²) in [6.07, 6.45) is 1.80. The van der Waals surface area contributed by atoms with Crippen molar-refractivity contribution in [3.8, 4) is 0 Å². The van der Waals surface area contributed by atoms with Gasteiger partial charge in [0, 0.05) is 12.5 Å². The van der Waals surface area contributed by atoms with Gasteiger partial charge in [0.1, 0.15) is 5.82 Å². The van der Waals surface area contributed by atoms with Gasteiger partial charge in [-0.1, -0.05) is 20.8 Å². The SMILES string of the molecule is CC1CCn2c(C(C)C)nc(S(N)(=O)=O)c2C1. The molecule has 2 N–H and O–H groups in total. The molecule has 0 amide bonds. The van der Waals surface area contributed by atoms with Gasteiger partial charge >= 0.3 is 0 Å². The Morgan fingerprint density at radius 2 is 2.12 bits per heavy atom. The molecule has 96 valence electrons. The van der Waals surface area contributed by atoms with Crippen LogP contribution in [0.3, 0.4) is 0 Å². The molecule has 0 saturated carbocycles. The minimum absolute atomic E-state index is 0.0766. The van der Waals surface area contributed by atoms with Crippen LogP contribution in [0.5, 0.6) is 0 Å². The minimum atomic E-state index is -3.71. The van der Waals surface area contributed by atoms with Crippen LogP contribution in [0.1, 0.15) is 44.6 Å². The molecule has 0 saturated heterocycles. The lowest BCUT2D eigenvalue weighted by atomic mass is 9.98. The third-order valence-corrected chi connectivity index (χ3v) is 4.10. The summed E-state index contributed by atoms with van der Waals surface area (Å²) >= 11 is 0. The molecule has 1 aromatic rings. The molecule has 0 fully saturated rings. The highest BCUT2D eigenvalue weighted by molar-refractivity contribution is 7.89. The third-order valence-electron chi connectivity index (χ3n) is 3.24. The molecular formula is C11H19N3O2S. The van der Waals surface area contributed by atoms with Crippen LogP contribution in [-0.2, 0) is 23.0 Å². The fraction of sp³-hybridized carbons (Fsp3) is 0.727. The van der Waals surface area contributed by atoms with Crippen LogP contribution in [0.15, 0.2) is 5.03 Å². The van der Waals surface area contributed by atoms with Crippen LogP contribution in [0.25, 0.3) is 0 Å². The Morgan fingerprint density at radius 1 is 1.47 bits per heavy atom. The van der Waals surface area contributed by atoms with E-state index in [0.29, 0.717) is 5.92 Å². The molecule has 2 heterocycles. The molecule has 0 spiro atoms. The highest BCUT2D eigenvalue weighted by atomic mass is 32.2. The molecule has 0 bridgehead atoms. The molecular weight excluding hydrogens is 238 g/mol. The topological polar surface area (TPSA) is 78.0 Å². The number of sulfonamides is 1. The predicted molar refractivity (Wildman–Crippen MR) is 65.2 cm³/mol. The summed E-state index contributed by atoms with van der Waals surface area (Å²) in [4.78, 5) is 4.25. The Balaban J connectivity index is 2.63. The second kappa shape index (κ2) is 4.10. The predicted octanol–water partition coefficient (Wildman–Crippen LogP) is 1.24. The summed E-state index contributed by atoms with van der Waals surface area (Å²) in [5.41, 5.74) is 0.787. The van der Waals surface area contributed by atoms with E-state index in [1.807, 2.05) is 18.4 Å². The van der Waals surface area contributed by atoms with Gasteiger partial charge in [0.2, 0.25) is 0 Å². The van der Waals surface area contributed by atoms with Crippen molar-refractivity contribution < 1.29 is 8.42 Å². The lowest BCUT2D eigenvalue weighted by Crippen LogP contribution is -2.22. The smallest absolute Gasteiger partial charge is 0.257 e. The minimum Gasteiger partial charge on any atom is -0.330 e. The summed E-state index contributed by atoms with van der Waals surface area (Å²) in [7, 11) is -3.71. The molecule has 17 heavy (non-hydrogen) atoms. The van der Waals surface area contributed by atoms with Gasteiger partial charge in [-0.3, -0.25) is 0 Å². The molecule has 1 atom stereocenters. The number of aromatic nitrogens is 2. The van der Waals surface area contributed by atoms with Crippen molar-refractivity contribution in [3.05, 3.63) is 11.5 Å². The molecule has 6 heteroatoms. The van der Waals surface area contributed by atoms with E-state index in [0.717, 1.165) is 30.9 Å². The van der Waals surface area contributed by atoms with E-state index < -0.39 is 10.0 Å². The normalized spacial score (nSPS) is 20.6. The van der Waals surface area contributed by atoms with Crippen LogP contribution in [0.2, 0.25) is 0 Å². The van der Waals surface area contributed by atoms with Crippen LogP contribution < -0.4 is 5.14 Å². The maximum atomic E-state index is 11.5. The number of imidazole rings is 1. The Hall–Kier alpha value is -0.880. The third kappa shape index (κ3) is 2.24. The molecule has 0 radical (unpaired) electrons. The Labute approximate surface area is 102 Å². The zero-order valence-corrected chi connectivity index (χ0v) is 11.3. The highest BCUT2D eigenvalue weighted by Gasteiger charge is 2.29.